The van der Waals surface area contributed by atoms with Crippen LogP contribution in [-0.4, -0.2) is 37.7 Å². The average Bonchev–Trinajstić information content (AvgIpc) is 2.38. The molecule has 1 aromatic rings. The second kappa shape index (κ2) is 7.52. The van der Waals surface area contributed by atoms with Crippen LogP contribution in [0.5, 0.6) is 0 Å². The van der Waals surface area contributed by atoms with Gasteiger partial charge in [0.1, 0.15) is 0 Å². The fraction of sp³-hybridized carbons (Fsp3) is 0.467. The number of urea groups is 1. The fourth-order valence-electron chi connectivity index (χ4n) is 1.85. The van der Waals surface area contributed by atoms with Crippen LogP contribution in [0.25, 0.3) is 0 Å². The highest BCUT2D eigenvalue weighted by Gasteiger charge is 2.21. The van der Waals surface area contributed by atoms with Crippen molar-refractivity contribution in [2.75, 3.05) is 30.9 Å². The monoisotopic (exact) mass is 293 g/mol. The lowest BCUT2D eigenvalue weighted by molar-refractivity contribution is -0.142. The normalized spacial score (nSPS) is 11.9. The summed E-state index contributed by atoms with van der Waals surface area (Å²) in [6.45, 7) is 3.74. The van der Waals surface area contributed by atoms with Gasteiger partial charge >= 0.3 is 12.0 Å². The van der Waals surface area contributed by atoms with Crippen molar-refractivity contribution in [3.8, 4) is 0 Å². The molecule has 1 atom stereocenters. The lowest BCUT2D eigenvalue weighted by atomic mass is 9.96. The molecular weight excluding hydrogens is 270 g/mol. The van der Waals surface area contributed by atoms with E-state index in [0.29, 0.717) is 5.69 Å². The summed E-state index contributed by atoms with van der Waals surface area (Å²) in [6.07, 6.45) is 0. The lowest BCUT2D eigenvalue weighted by Gasteiger charge is -2.17. The van der Waals surface area contributed by atoms with E-state index >= 15 is 0 Å². The van der Waals surface area contributed by atoms with Crippen LogP contribution in [0.3, 0.4) is 0 Å². The number of hydrogen-bond acceptors (Lipinski definition) is 3. The van der Waals surface area contributed by atoms with E-state index in [9.17, 15) is 9.59 Å². The van der Waals surface area contributed by atoms with Crippen LogP contribution in [-0.2, 0) is 4.79 Å². The summed E-state index contributed by atoms with van der Waals surface area (Å²) >= 11 is 0. The molecule has 1 aromatic carbocycles. The van der Waals surface area contributed by atoms with E-state index in [2.05, 4.69) is 10.6 Å². The maximum absolute atomic E-state index is 11.8. The number of hydrogen-bond donors (Lipinski definition) is 3. The molecule has 0 saturated heterocycles. The molecule has 0 radical (unpaired) electrons. The summed E-state index contributed by atoms with van der Waals surface area (Å²) in [4.78, 5) is 24.8. The molecule has 1 rings (SSSR count). The molecule has 0 saturated carbocycles. The third kappa shape index (κ3) is 5.33. The molecule has 21 heavy (non-hydrogen) atoms. The Morgan fingerprint density at radius 3 is 2.48 bits per heavy atom. The Morgan fingerprint density at radius 1 is 1.29 bits per heavy atom. The molecule has 0 aliphatic rings. The zero-order valence-electron chi connectivity index (χ0n) is 12.9. The molecule has 0 fully saturated rings. The number of carboxylic acids is 1. The Kier molecular flexibility index (Phi) is 6.02. The smallest absolute Gasteiger partial charge is 0.319 e. The number of anilines is 2. The summed E-state index contributed by atoms with van der Waals surface area (Å²) in [5.41, 5.74) is 1.63. The maximum Gasteiger partial charge on any atom is 0.319 e. The average molecular weight is 293 g/mol. The van der Waals surface area contributed by atoms with Gasteiger partial charge < -0.3 is 20.6 Å². The molecule has 0 bridgehead atoms. The fourth-order valence-corrected chi connectivity index (χ4v) is 1.85. The van der Waals surface area contributed by atoms with Crippen molar-refractivity contribution >= 4 is 23.4 Å². The molecule has 0 aliphatic heterocycles. The number of amides is 2. The number of rotatable bonds is 6. The number of carbonyl (C=O) groups excluding carboxylic acids is 1. The topological polar surface area (TPSA) is 81.7 Å². The Morgan fingerprint density at radius 2 is 1.95 bits per heavy atom. The summed E-state index contributed by atoms with van der Waals surface area (Å²) in [5.74, 6) is -1.54. The second-order valence-corrected chi connectivity index (χ2v) is 5.47. The standard InChI is InChI=1S/C15H23N3O3/c1-10(2)13(14(19)20)9-16-15(21)17-11-6-5-7-12(8-11)18(3)4/h5-8,10,13H,9H2,1-4H3,(H,19,20)(H2,16,17,21). The number of aliphatic carboxylic acids is 1. The quantitative estimate of drug-likeness (QED) is 0.751. The van der Waals surface area contributed by atoms with E-state index in [1.165, 1.54) is 0 Å². The second-order valence-electron chi connectivity index (χ2n) is 5.47. The Balaban J connectivity index is 2.58. The van der Waals surface area contributed by atoms with Crippen molar-refractivity contribution in [2.45, 2.75) is 13.8 Å². The predicted octanol–water partition coefficient (Wildman–Crippen LogP) is 2.23. The molecule has 0 spiro atoms. The van der Waals surface area contributed by atoms with Gasteiger partial charge in [-0.3, -0.25) is 4.79 Å². The van der Waals surface area contributed by atoms with Crippen molar-refractivity contribution < 1.29 is 14.7 Å². The zero-order valence-corrected chi connectivity index (χ0v) is 12.9. The summed E-state index contributed by atoms with van der Waals surface area (Å²) in [5, 5.41) is 14.4. The first kappa shape index (κ1) is 16.8. The molecule has 0 aliphatic carbocycles. The van der Waals surface area contributed by atoms with Crippen LogP contribution in [0.2, 0.25) is 0 Å². The minimum Gasteiger partial charge on any atom is -0.481 e. The molecule has 6 heteroatoms. The van der Waals surface area contributed by atoms with Gasteiger partial charge in [-0.05, 0) is 24.1 Å². The molecule has 0 aromatic heterocycles. The third-order valence-electron chi connectivity index (χ3n) is 3.22. The van der Waals surface area contributed by atoms with Crippen LogP contribution in [0, 0.1) is 11.8 Å². The van der Waals surface area contributed by atoms with Crippen LogP contribution in [0.1, 0.15) is 13.8 Å². The van der Waals surface area contributed by atoms with Crippen molar-refractivity contribution in [2.24, 2.45) is 11.8 Å². The van der Waals surface area contributed by atoms with Gasteiger partial charge in [0.15, 0.2) is 0 Å². The highest BCUT2D eigenvalue weighted by atomic mass is 16.4. The van der Waals surface area contributed by atoms with Crippen LogP contribution in [0.4, 0.5) is 16.2 Å². The summed E-state index contributed by atoms with van der Waals surface area (Å²) in [6, 6.07) is 7.00. The molecule has 116 valence electrons. The first-order valence-corrected chi connectivity index (χ1v) is 6.86. The lowest BCUT2D eigenvalue weighted by Crippen LogP contribution is -2.37. The van der Waals surface area contributed by atoms with Crippen molar-refractivity contribution in [1.82, 2.24) is 5.32 Å². The minimum atomic E-state index is -0.903. The van der Waals surface area contributed by atoms with Gasteiger partial charge in [0.25, 0.3) is 0 Å². The zero-order chi connectivity index (χ0) is 16.0. The van der Waals surface area contributed by atoms with Crippen molar-refractivity contribution in [1.29, 1.82) is 0 Å². The Bertz CT molecular complexity index is 501. The summed E-state index contributed by atoms with van der Waals surface area (Å²) in [7, 11) is 3.83. The Labute approximate surface area is 125 Å². The molecule has 2 amide bonds. The van der Waals surface area contributed by atoms with E-state index in [1.807, 2.05) is 51.0 Å². The van der Waals surface area contributed by atoms with Gasteiger partial charge in [-0.1, -0.05) is 19.9 Å². The van der Waals surface area contributed by atoms with Gasteiger partial charge in [-0.25, -0.2) is 4.79 Å². The number of carboxylic acid groups (broad SMARTS) is 1. The number of nitrogens with one attached hydrogen (secondary N) is 2. The summed E-state index contributed by atoms with van der Waals surface area (Å²) < 4.78 is 0. The minimum absolute atomic E-state index is 0.0418. The van der Waals surface area contributed by atoms with E-state index in [1.54, 1.807) is 6.07 Å². The maximum atomic E-state index is 11.8. The molecular formula is C15H23N3O3. The van der Waals surface area contributed by atoms with E-state index in [-0.39, 0.29) is 12.5 Å². The van der Waals surface area contributed by atoms with Crippen LogP contribution in [0.15, 0.2) is 24.3 Å². The van der Waals surface area contributed by atoms with Gasteiger partial charge in [0.05, 0.1) is 5.92 Å². The molecule has 6 nitrogen and oxygen atoms in total. The number of benzene rings is 1. The SMILES string of the molecule is CC(C)C(CNC(=O)Nc1cccc(N(C)C)c1)C(=O)O. The molecule has 1 unspecified atom stereocenters. The molecule has 0 heterocycles. The first-order valence-electron chi connectivity index (χ1n) is 6.86. The highest BCUT2D eigenvalue weighted by Crippen LogP contribution is 2.17. The van der Waals surface area contributed by atoms with E-state index < -0.39 is 17.9 Å². The van der Waals surface area contributed by atoms with Gasteiger partial charge in [0, 0.05) is 32.0 Å². The molecule has 3 N–H and O–H groups in total. The number of nitrogens with zero attached hydrogens (tertiary/aromatic N) is 1. The van der Waals surface area contributed by atoms with Crippen molar-refractivity contribution in [3.05, 3.63) is 24.3 Å². The van der Waals surface area contributed by atoms with Gasteiger partial charge in [-0.2, -0.15) is 0 Å². The largest absolute Gasteiger partial charge is 0.481 e. The van der Waals surface area contributed by atoms with E-state index in [0.717, 1.165) is 5.69 Å². The van der Waals surface area contributed by atoms with Crippen molar-refractivity contribution in [3.63, 3.8) is 0 Å². The van der Waals surface area contributed by atoms with Crippen LogP contribution >= 0.6 is 0 Å². The number of carbonyl (C=O) groups is 2. The Hall–Kier alpha value is -2.24. The van der Waals surface area contributed by atoms with Gasteiger partial charge in [0.2, 0.25) is 0 Å². The van der Waals surface area contributed by atoms with Gasteiger partial charge in [-0.15, -0.1) is 0 Å². The predicted molar refractivity (Wildman–Crippen MR) is 83.8 cm³/mol. The first-order chi connectivity index (χ1) is 9.81. The van der Waals surface area contributed by atoms with E-state index in [4.69, 9.17) is 5.11 Å². The van der Waals surface area contributed by atoms with Crippen LogP contribution < -0.4 is 15.5 Å². The third-order valence-corrected chi connectivity index (χ3v) is 3.22. The highest BCUT2D eigenvalue weighted by molar-refractivity contribution is 5.90.